The number of hydrogen-bond acceptors (Lipinski definition) is 3. The summed E-state index contributed by atoms with van der Waals surface area (Å²) in [5.74, 6) is 2.33. The van der Waals surface area contributed by atoms with Crippen LogP contribution in [0.4, 0.5) is 0 Å². The van der Waals surface area contributed by atoms with E-state index in [1.165, 1.54) is 24.1 Å². The van der Waals surface area contributed by atoms with Crippen molar-refractivity contribution in [1.29, 1.82) is 0 Å². The third-order valence-electron chi connectivity index (χ3n) is 3.21. The predicted molar refractivity (Wildman–Crippen MR) is 48.6 cm³/mol. The fourth-order valence-electron chi connectivity index (χ4n) is 2.30. The van der Waals surface area contributed by atoms with Gasteiger partial charge in [-0.1, -0.05) is 5.16 Å². The number of hydrogen-bond donors (Lipinski definition) is 1. The lowest BCUT2D eigenvalue weighted by molar-refractivity contribution is 0.378. The molecule has 0 saturated heterocycles. The molecule has 0 bridgehead atoms. The van der Waals surface area contributed by atoms with Crippen LogP contribution in [0.15, 0.2) is 4.52 Å². The molecule has 3 heteroatoms. The fraction of sp³-hybridized carbons (Fsp3) is 0.700. The molecule has 0 aliphatic heterocycles. The molecule has 3 rings (SSSR count). The third-order valence-corrected chi connectivity index (χ3v) is 3.21. The van der Waals surface area contributed by atoms with E-state index in [2.05, 4.69) is 5.16 Å². The Morgan fingerprint density at radius 2 is 2.23 bits per heavy atom. The molecule has 0 aromatic carbocycles. The molecule has 0 spiro atoms. The molecule has 0 radical (unpaired) electrons. The minimum absolute atomic E-state index is 0.525. The molecule has 2 aliphatic carbocycles. The summed E-state index contributed by atoms with van der Waals surface area (Å²) in [5.41, 5.74) is 8.32. The lowest BCUT2D eigenvalue weighted by Gasteiger charge is -2.06. The van der Waals surface area contributed by atoms with Gasteiger partial charge in [-0.25, -0.2) is 0 Å². The molecule has 2 aliphatic rings. The molecule has 3 nitrogen and oxygen atoms in total. The van der Waals surface area contributed by atoms with Crippen LogP contribution in [0.25, 0.3) is 0 Å². The van der Waals surface area contributed by atoms with E-state index in [4.69, 9.17) is 10.3 Å². The van der Waals surface area contributed by atoms with Crippen molar-refractivity contribution < 1.29 is 4.52 Å². The van der Waals surface area contributed by atoms with Gasteiger partial charge in [0.15, 0.2) is 0 Å². The van der Waals surface area contributed by atoms with Crippen molar-refractivity contribution in [3.05, 3.63) is 17.0 Å². The summed E-state index contributed by atoms with van der Waals surface area (Å²) in [4.78, 5) is 0. The molecule has 13 heavy (non-hydrogen) atoms. The van der Waals surface area contributed by atoms with Crippen LogP contribution in [0.5, 0.6) is 0 Å². The first-order chi connectivity index (χ1) is 6.40. The van der Waals surface area contributed by atoms with E-state index in [0.717, 1.165) is 25.1 Å². The van der Waals surface area contributed by atoms with Gasteiger partial charge in [-0.15, -0.1) is 0 Å². The molecule has 70 valence electrons. The van der Waals surface area contributed by atoms with Crippen molar-refractivity contribution in [3.63, 3.8) is 0 Å². The highest BCUT2D eigenvalue weighted by Crippen LogP contribution is 2.46. The zero-order chi connectivity index (χ0) is 8.84. The summed E-state index contributed by atoms with van der Waals surface area (Å²) < 4.78 is 5.33. The third kappa shape index (κ3) is 1.03. The Balaban J connectivity index is 2.03. The van der Waals surface area contributed by atoms with Gasteiger partial charge in [0.2, 0.25) is 0 Å². The molecule has 1 aromatic rings. The summed E-state index contributed by atoms with van der Waals surface area (Å²) in [7, 11) is 0. The van der Waals surface area contributed by atoms with Gasteiger partial charge in [-0.3, -0.25) is 0 Å². The summed E-state index contributed by atoms with van der Waals surface area (Å²) in [6, 6.07) is 0. The molecule has 1 heterocycles. The normalized spacial score (nSPS) is 26.4. The maximum absolute atomic E-state index is 5.73. The van der Waals surface area contributed by atoms with Crippen LogP contribution in [0, 0.1) is 0 Å². The number of nitrogens with zero attached hydrogens (tertiary/aromatic N) is 1. The first-order valence-corrected chi connectivity index (χ1v) is 5.08. The van der Waals surface area contributed by atoms with Crippen molar-refractivity contribution in [3.8, 4) is 0 Å². The van der Waals surface area contributed by atoms with Crippen LogP contribution in [-0.4, -0.2) is 11.7 Å². The molecule has 1 fully saturated rings. The van der Waals surface area contributed by atoms with Crippen LogP contribution in [0.3, 0.4) is 0 Å². The minimum Gasteiger partial charge on any atom is -0.361 e. The van der Waals surface area contributed by atoms with E-state index >= 15 is 0 Å². The second-order valence-corrected chi connectivity index (χ2v) is 4.15. The van der Waals surface area contributed by atoms with Gasteiger partial charge in [0, 0.05) is 23.8 Å². The monoisotopic (exact) mass is 178 g/mol. The number of aromatic nitrogens is 1. The maximum Gasteiger partial charge on any atom is 0.140 e. The molecule has 1 unspecified atom stereocenters. The molecule has 2 N–H and O–H groups in total. The zero-order valence-corrected chi connectivity index (χ0v) is 7.62. The zero-order valence-electron chi connectivity index (χ0n) is 7.62. The van der Waals surface area contributed by atoms with Crippen LogP contribution >= 0.6 is 0 Å². The van der Waals surface area contributed by atoms with E-state index in [0.29, 0.717) is 11.8 Å². The van der Waals surface area contributed by atoms with E-state index in [9.17, 15) is 0 Å². The quantitative estimate of drug-likeness (QED) is 0.747. The van der Waals surface area contributed by atoms with E-state index in [1.807, 2.05) is 0 Å². The smallest absolute Gasteiger partial charge is 0.140 e. The SMILES string of the molecule is NCC1CCc2onc(C3CC3)c21. The highest BCUT2D eigenvalue weighted by molar-refractivity contribution is 5.36. The predicted octanol–water partition coefficient (Wildman–Crippen LogP) is 1.54. The number of fused-ring (bicyclic) bond motifs is 1. The van der Waals surface area contributed by atoms with Crippen molar-refractivity contribution in [2.24, 2.45) is 5.73 Å². The summed E-state index contributed by atoms with van der Waals surface area (Å²) in [5, 5.41) is 4.17. The largest absolute Gasteiger partial charge is 0.361 e. The number of rotatable bonds is 2. The Morgan fingerprint density at radius 3 is 2.92 bits per heavy atom. The molecule has 0 amide bonds. The van der Waals surface area contributed by atoms with Crippen LogP contribution in [0.1, 0.15) is 48.1 Å². The number of aryl methyl sites for hydroxylation is 1. The average molecular weight is 178 g/mol. The summed E-state index contributed by atoms with van der Waals surface area (Å²) in [6.45, 7) is 0.744. The summed E-state index contributed by atoms with van der Waals surface area (Å²) in [6.07, 6.45) is 4.77. The van der Waals surface area contributed by atoms with E-state index < -0.39 is 0 Å². The highest BCUT2D eigenvalue weighted by atomic mass is 16.5. The lowest BCUT2D eigenvalue weighted by Crippen LogP contribution is -2.10. The first kappa shape index (κ1) is 7.56. The van der Waals surface area contributed by atoms with Crippen molar-refractivity contribution >= 4 is 0 Å². The minimum atomic E-state index is 0.525. The molecule has 1 atom stereocenters. The average Bonchev–Trinajstić information content (AvgIpc) is 2.78. The van der Waals surface area contributed by atoms with E-state index in [-0.39, 0.29) is 0 Å². The van der Waals surface area contributed by atoms with Crippen LogP contribution < -0.4 is 5.73 Å². The van der Waals surface area contributed by atoms with Crippen LogP contribution in [0.2, 0.25) is 0 Å². The van der Waals surface area contributed by atoms with Crippen molar-refractivity contribution in [2.45, 2.75) is 37.5 Å². The van der Waals surface area contributed by atoms with Crippen LogP contribution in [-0.2, 0) is 6.42 Å². The summed E-state index contributed by atoms with van der Waals surface area (Å²) >= 11 is 0. The van der Waals surface area contributed by atoms with E-state index in [1.54, 1.807) is 0 Å². The van der Waals surface area contributed by atoms with Crippen molar-refractivity contribution in [1.82, 2.24) is 5.16 Å². The van der Waals surface area contributed by atoms with Gasteiger partial charge in [0.25, 0.3) is 0 Å². The van der Waals surface area contributed by atoms with Gasteiger partial charge < -0.3 is 10.3 Å². The first-order valence-electron chi connectivity index (χ1n) is 5.08. The van der Waals surface area contributed by atoms with Gasteiger partial charge in [-0.05, 0) is 25.8 Å². The Kier molecular flexibility index (Phi) is 1.50. The van der Waals surface area contributed by atoms with Gasteiger partial charge in [0.05, 0.1) is 5.69 Å². The molecule has 1 aromatic heterocycles. The Morgan fingerprint density at radius 1 is 1.38 bits per heavy atom. The standard InChI is InChI=1S/C10H14N2O/c11-5-7-3-4-8-9(7)10(12-13-8)6-1-2-6/h6-7H,1-5,11H2. The topological polar surface area (TPSA) is 52.0 Å². The van der Waals surface area contributed by atoms with Crippen molar-refractivity contribution in [2.75, 3.05) is 6.54 Å². The second kappa shape index (κ2) is 2.58. The van der Waals surface area contributed by atoms with Gasteiger partial charge in [-0.2, -0.15) is 0 Å². The Bertz CT molecular complexity index is 328. The Hall–Kier alpha value is -0.830. The lowest BCUT2D eigenvalue weighted by atomic mass is 10.00. The Labute approximate surface area is 77.3 Å². The highest BCUT2D eigenvalue weighted by Gasteiger charge is 2.36. The second-order valence-electron chi connectivity index (χ2n) is 4.15. The fourth-order valence-corrected chi connectivity index (χ4v) is 2.30. The number of nitrogens with two attached hydrogens (primary N) is 1. The van der Waals surface area contributed by atoms with Gasteiger partial charge >= 0.3 is 0 Å². The maximum atomic E-state index is 5.73. The molecular formula is C10H14N2O. The molecular weight excluding hydrogens is 164 g/mol. The van der Waals surface area contributed by atoms with Gasteiger partial charge in [0.1, 0.15) is 5.76 Å². The molecule has 1 saturated carbocycles.